The lowest BCUT2D eigenvalue weighted by Crippen LogP contribution is -2.23. The topological polar surface area (TPSA) is 20.2 Å². The van der Waals surface area contributed by atoms with Crippen molar-refractivity contribution < 1.29 is 9.50 Å². The van der Waals surface area contributed by atoms with E-state index in [9.17, 15) is 9.50 Å². The number of rotatable bonds is 2. The van der Waals surface area contributed by atoms with Gasteiger partial charge in [0, 0.05) is 0 Å². The van der Waals surface area contributed by atoms with Crippen LogP contribution in [-0.2, 0) is 0 Å². The maximum absolute atomic E-state index is 12.8. The molecule has 1 N–H and O–H groups in total. The van der Waals surface area contributed by atoms with Crippen LogP contribution >= 0.6 is 0 Å². The summed E-state index contributed by atoms with van der Waals surface area (Å²) in [7, 11) is 0. The van der Waals surface area contributed by atoms with Gasteiger partial charge in [-0.1, -0.05) is 32.1 Å². The van der Waals surface area contributed by atoms with Crippen molar-refractivity contribution in [3.8, 4) is 0 Å². The number of hydrogen-bond donors (Lipinski definition) is 1. The summed E-state index contributed by atoms with van der Waals surface area (Å²) < 4.78 is 12.8. The fourth-order valence-electron chi connectivity index (χ4n) is 2.53. The molecular weight excluding hydrogens is 215 g/mol. The van der Waals surface area contributed by atoms with E-state index in [-0.39, 0.29) is 11.2 Å². The van der Waals surface area contributed by atoms with Gasteiger partial charge in [-0.25, -0.2) is 4.39 Å². The van der Waals surface area contributed by atoms with Crippen LogP contribution < -0.4 is 0 Å². The van der Waals surface area contributed by atoms with Crippen molar-refractivity contribution in [2.45, 2.75) is 39.2 Å². The second-order valence-corrected chi connectivity index (χ2v) is 5.39. The molecule has 1 nitrogen and oxygen atoms in total. The highest BCUT2D eigenvalue weighted by atomic mass is 19.1. The maximum atomic E-state index is 12.8. The first kappa shape index (κ1) is 12.3. The van der Waals surface area contributed by atoms with Gasteiger partial charge in [0.2, 0.25) is 0 Å². The van der Waals surface area contributed by atoms with Crippen LogP contribution in [0.1, 0.15) is 44.8 Å². The SMILES string of the molecule is CC1(C)CCCC=C1C(O)c1ccc(F)cc1. The van der Waals surface area contributed by atoms with Crippen molar-refractivity contribution in [3.63, 3.8) is 0 Å². The molecule has 0 bridgehead atoms. The van der Waals surface area contributed by atoms with Gasteiger partial charge in [-0.05, 0) is 47.9 Å². The van der Waals surface area contributed by atoms with Crippen molar-refractivity contribution >= 4 is 0 Å². The van der Waals surface area contributed by atoms with Gasteiger partial charge in [0.1, 0.15) is 11.9 Å². The summed E-state index contributed by atoms with van der Waals surface area (Å²) in [5, 5.41) is 10.4. The summed E-state index contributed by atoms with van der Waals surface area (Å²) in [4.78, 5) is 0. The fourth-order valence-corrected chi connectivity index (χ4v) is 2.53. The highest BCUT2D eigenvalue weighted by molar-refractivity contribution is 5.30. The third kappa shape index (κ3) is 2.58. The summed E-state index contributed by atoms with van der Waals surface area (Å²) >= 11 is 0. The monoisotopic (exact) mass is 234 g/mol. The Morgan fingerprint density at radius 2 is 1.88 bits per heavy atom. The van der Waals surface area contributed by atoms with Crippen molar-refractivity contribution in [1.82, 2.24) is 0 Å². The van der Waals surface area contributed by atoms with Gasteiger partial charge < -0.3 is 5.11 Å². The zero-order chi connectivity index (χ0) is 12.5. The summed E-state index contributed by atoms with van der Waals surface area (Å²) in [5.74, 6) is -0.266. The average Bonchev–Trinajstić information content (AvgIpc) is 2.28. The third-order valence-corrected chi connectivity index (χ3v) is 3.63. The number of halogens is 1. The van der Waals surface area contributed by atoms with Crippen LogP contribution in [0.25, 0.3) is 0 Å². The molecule has 0 amide bonds. The summed E-state index contributed by atoms with van der Waals surface area (Å²) in [6.45, 7) is 4.31. The molecule has 1 aliphatic rings. The molecule has 1 aromatic carbocycles. The first-order valence-corrected chi connectivity index (χ1v) is 6.15. The number of aliphatic hydroxyl groups is 1. The molecule has 1 unspecified atom stereocenters. The Kier molecular flexibility index (Phi) is 3.34. The molecule has 1 aliphatic carbocycles. The van der Waals surface area contributed by atoms with Gasteiger partial charge in [0.25, 0.3) is 0 Å². The van der Waals surface area contributed by atoms with E-state index >= 15 is 0 Å². The first-order chi connectivity index (χ1) is 8.00. The zero-order valence-electron chi connectivity index (χ0n) is 10.4. The summed E-state index contributed by atoms with van der Waals surface area (Å²) in [6, 6.07) is 6.11. The van der Waals surface area contributed by atoms with Crippen LogP contribution in [0.15, 0.2) is 35.9 Å². The van der Waals surface area contributed by atoms with Crippen LogP contribution in [0.4, 0.5) is 4.39 Å². The molecule has 0 aliphatic heterocycles. The molecule has 0 saturated heterocycles. The van der Waals surface area contributed by atoms with E-state index in [0.29, 0.717) is 0 Å². The van der Waals surface area contributed by atoms with Gasteiger partial charge >= 0.3 is 0 Å². The lowest BCUT2D eigenvalue weighted by Gasteiger charge is -2.34. The van der Waals surface area contributed by atoms with Crippen LogP contribution in [0.3, 0.4) is 0 Å². The molecule has 1 atom stereocenters. The molecule has 0 radical (unpaired) electrons. The van der Waals surface area contributed by atoms with Crippen molar-refractivity contribution in [1.29, 1.82) is 0 Å². The largest absolute Gasteiger partial charge is 0.384 e. The van der Waals surface area contributed by atoms with Crippen LogP contribution in [0.5, 0.6) is 0 Å². The van der Waals surface area contributed by atoms with E-state index in [4.69, 9.17) is 0 Å². The summed E-state index contributed by atoms with van der Waals surface area (Å²) in [5.41, 5.74) is 1.87. The molecule has 0 heterocycles. The van der Waals surface area contributed by atoms with E-state index in [1.807, 2.05) is 0 Å². The molecule has 2 rings (SSSR count). The average molecular weight is 234 g/mol. The Hall–Kier alpha value is -1.15. The Balaban J connectivity index is 2.28. The maximum Gasteiger partial charge on any atom is 0.123 e. The standard InChI is InChI=1S/C15H19FO/c1-15(2)10-4-3-5-13(15)14(17)11-6-8-12(16)9-7-11/h5-9,14,17H,3-4,10H2,1-2H3. The van der Waals surface area contributed by atoms with Crippen LogP contribution in [0.2, 0.25) is 0 Å². The smallest absolute Gasteiger partial charge is 0.123 e. The van der Waals surface area contributed by atoms with E-state index < -0.39 is 6.10 Å². The molecule has 2 heteroatoms. The highest BCUT2D eigenvalue weighted by Crippen LogP contribution is 2.42. The Labute approximate surface area is 102 Å². The van der Waals surface area contributed by atoms with Gasteiger partial charge in [0.05, 0.1) is 0 Å². The number of aliphatic hydroxyl groups excluding tert-OH is 1. The number of benzene rings is 1. The Morgan fingerprint density at radius 3 is 2.47 bits per heavy atom. The summed E-state index contributed by atoms with van der Waals surface area (Å²) in [6.07, 6.45) is 4.82. The van der Waals surface area contributed by atoms with Crippen molar-refractivity contribution in [3.05, 3.63) is 47.3 Å². The van der Waals surface area contributed by atoms with Gasteiger partial charge in [-0.2, -0.15) is 0 Å². The third-order valence-electron chi connectivity index (χ3n) is 3.63. The quantitative estimate of drug-likeness (QED) is 0.767. The van der Waals surface area contributed by atoms with E-state index in [2.05, 4.69) is 19.9 Å². The molecule has 0 fully saturated rings. The molecule has 1 aromatic rings. The number of allylic oxidation sites excluding steroid dienone is 1. The molecular formula is C15H19FO. The van der Waals surface area contributed by atoms with Crippen molar-refractivity contribution in [2.24, 2.45) is 5.41 Å². The van der Waals surface area contributed by atoms with Crippen LogP contribution in [0, 0.1) is 11.2 Å². The number of hydrogen-bond acceptors (Lipinski definition) is 1. The van der Waals surface area contributed by atoms with Crippen molar-refractivity contribution in [2.75, 3.05) is 0 Å². The van der Waals surface area contributed by atoms with E-state index in [1.54, 1.807) is 12.1 Å². The van der Waals surface area contributed by atoms with E-state index in [0.717, 1.165) is 24.0 Å². The minimum absolute atomic E-state index is 0.0338. The van der Waals surface area contributed by atoms with Crippen LogP contribution in [-0.4, -0.2) is 5.11 Å². The molecule has 0 aromatic heterocycles. The van der Waals surface area contributed by atoms with Gasteiger partial charge in [-0.15, -0.1) is 0 Å². The second-order valence-electron chi connectivity index (χ2n) is 5.39. The van der Waals surface area contributed by atoms with E-state index in [1.165, 1.54) is 18.6 Å². The zero-order valence-corrected chi connectivity index (χ0v) is 10.4. The first-order valence-electron chi connectivity index (χ1n) is 6.15. The minimum Gasteiger partial charge on any atom is -0.384 e. The van der Waals surface area contributed by atoms with Gasteiger partial charge in [-0.3, -0.25) is 0 Å². The lowest BCUT2D eigenvalue weighted by atomic mass is 9.72. The molecule has 0 saturated carbocycles. The lowest BCUT2D eigenvalue weighted by molar-refractivity contribution is 0.173. The molecule has 92 valence electrons. The minimum atomic E-state index is -0.606. The van der Waals surface area contributed by atoms with Gasteiger partial charge in [0.15, 0.2) is 0 Å². The second kappa shape index (κ2) is 4.61. The predicted molar refractivity (Wildman–Crippen MR) is 67.1 cm³/mol. The normalized spacial score (nSPS) is 20.8. The predicted octanol–water partition coefficient (Wildman–Crippen LogP) is 4.00. The highest BCUT2D eigenvalue weighted by Gasteiger charge is 2.30. The Bertz CT molecular complexity index is 417. The molecule has 0 spiro atoms. The fraction of sp³-hybridized carbons (Fsp3) is 0.467. The Morgan fingerprint density at radius 1 is 1.24 bits per heavy atom. The molecule has 17 heavy (non-hydrogen) atoms.